The highest BCUT2D eigenvalue weighted by molar-refractivity contribution is 7.10. The zero-order chi connectivity index (χ0) is 17.8. The minimum absolute atomic E-state index is 0.00184. The van der Waals surface area contributed by atoms with Crippen molar-refractivity contribution in [1.82, 2.24) is 20.4 Å². The lowest BCUT2D eigenvalue weighted by atomic mass is 9.81. The number of hydrogen-bond donors (Lipinski definition) is 1. The Morgan fingerprint density at radius 2 is 2.00 bits per heavy atom. The molecule has 3 aromatic heterocycles. The summed E-state index contributed by atoms with van der Waals surface area (Å²) in [6.07, 6.45) is 8.65. The Labute approximate surface area is 155 Å². The van der Waals surface area contributed by atoms with Crippen molar-refractivity contribution >= 4 is 17.2 Å². The van der Waals surface area contributed by atoms with Crippen LogP contribution in [0.2, 0.25) is 0 Å². The lowest BCUT2D eigenvalue weighted by Crippen LogP contribution is -2.48. The molecule has 1 N–H and O–H groups in total. The van der Waals surface area contributed by atoms with E-state index in [9.17, 15) is 4.79 Å². The van der Waals surface area contributed by atoms with Gasteiger partial charge in [0.05, 0.1) is 6.42 Å². The summed E-state index contributed by atoms with van der Waals surface area (Å²) in [6.45, 7) is 0. The van der Waals surface area contributed by atoms with Gasteiger partial charge in [0, 0.05) is 22.8 Å². The van der Waals surface area contributed by atoms with Crippen LogP contribution in [-0.4, -0.2) is 21.0 Å². The first kappa shape index (κ1) is 16.9. The average Bonchev–Trinajstić information content (AvgIpc) is 3.35. The number of nitrogens with one attached hydrogen (secondary N) is 1. The Morgan fingerprint density at radius 3 is 2.73 bits per heavy atom. The minimum Gasteiger partial charge on any atom is -0.341 e. The maximum atomic E-state index is 12.6. The highest BCUT2D eigenvalue weighted by Crippen LogP contribution is 2.37. The maximum Gasteiger partial charge on any atom is 0.252 e. The number of aromatic nitrogens is 3. The van der Waals surface area contributed by atoms with E-state index < -0.39 is 5.54 Å². The van der Waals surface area contributed by atoms with E-state index in [1.807, 2.05) is 29.6 Å². The summed E-state index contributed by atoms with van der Waals surface area (Å²) in [7, 11) is 0. The van der Waals surface area contributed by atoms with E-state index in [-0.39, 0.29) is 5.91 Å². The van der Waals surface area contributed by atoms with Crippen molar-refractivity contribution in [3.63, 3.8) is 0 Å². The molecule has 0 aliphatic heterocycles. The summed E-state index contributed by atoms with van der Waals surface area (Å²) < 4.78 is 5.60. The molecule has 4 rings (SSSR count). The predicted molar refractivity (Wildman–Crippen MR) is 98.5 cm³/mol. The number of carbonyl (C=O) groups is 1. The molecule has 0 atom stereocenters. The minimum atomic E-state index is -0.565. The summed E-state index contributed by atoms with van der Waals surface area (Å²) in [5.74, 6) is 1.03. The van der Waals surface area contributed by atoms with Crippen LogP contribution in [0.1, 0.15) is 42.9 Å². The van der Waals surface area contributed by atoms with Crippen molar-refractivity contribution in [3.05, 3.63) is 52.8 Å². The third-order valence-electron chi connectivity index (χ3n) is 4.77. The summed E-state index contributed by atoms with van der Waals surface area (Å²) in [6, 6.07) is 7.63. The van der Waals surface area contributed by atoms with Gasteiger partial charge in [-0.25, -0.2) is 0 Å². The van der Waals surface area contributed by atoms with Gasteiger partial charge in [-0.3, -0.25) is 9.78 Å². The van der Waals surface area contributed by atoms with Crippen LogP contribution in [0.4, 0.5) is 0 Å². The van der Waals surface area contributed by atoms with Gasteiger partial charge in [0.1, 0.15) is 5.54 Å². The molecule has 1 fully saturated rings. The summed E-state index contributed by atoms with van der Waals surface area (Å²) >= 11 is 1.59. The van der Waals surface area contributed by atoms with Gasteiger partial charge in [-0.2, -0.15) is 4.98 Å². The third kappa shape index (κ3) is 3.53. The van der Waals surface area contributed by atoms with Crippen molar-refractivity contribution in [2.75, 3.05) is 0 Å². The molecule has 7 heteroatoms. The zero-order valence-electron chi connectivity index (χ0n) is 14.4. The smallest absolute Gasteiger partial charge is 0.252 e. The monoisotopic (exact) mass is 368 g/mol. The molecular weight excluding hydrogens is 348 g/mol. The lowest BCUT2D eigenvalue weighted by molar-refractivity contribution is -0.123. The van der Waals surface area contributed by atoms with Crippen LogP contribution in [0, 0.1) is 0 Å². The molecule has 6 nitrogen and oxygen atoms in total. The van der Waals surface area contributed by atoms with Crippen molar-refractivity contribution in [1.29, 1.82) is 0 Å². The quantitative estimate of drug-likeness (QED) is 0.742. The molecule has 3 heterocycles. The summed E-state index contributed by atoms with van der Waals surface area (Å²) in [5, 5.41) is 9.32. The van der Waals surface area contributed by atoms with Gasteiger partial charge in [0.15, 0.2) is 0 Å². The fourth-order valence-electron chi connectivity index (χ4n) is 3.47. The Kier molecular flexibility index (Phi) is 4.79. The Morgan fingerprint density at radius 1 is 1.19 bits per heavy atom. The largest absolute Gasteiger partial charge is 0.341 e. The van der Waals surface area contributed by atoms with Crippen molar-refractivity contribution in [3.8, 4) is 11.4 Å². The average molecular weight is 368 g/mol. The molecule has 0 radical (unpaired) electrons. The number of amides is 1. The second kappa shape index (κ2) is 7.37. The van der Waals surface area contributed by atoms with E-state index in [0.717, 1.165) is 42.5 Å². The SMILES string of the molecule is O=C(Cc1cccs1)NC1(c2nc(-c3ccncc3)no2)CCCCC1. The molecule has 0 bridgehead atoms. The highest BCUT2D eigenvalue weighted by atomic mass is 32.1. The Hall–Kier alpha value is -2.54. The molecule has 0 aromatic carbocycles. The molecule has 0 unspecified atom stereocenters. The maximum absolute atomic E-state index is 12.6. The van der Waals surface area contributed by atoms with Crippen LogP contribution in [-0.2, 0) is 16.8 Å². The molecule has 3 aromatic rings. The number of pyridine rings is 1. The first-order valence-corrected chi connectivity index (χ1v) is 9.71. The standard InChI is InChI=1S/C19H20N4O2S/c24-16(13-15-5-4-12-26-15)22-19(8-2-1-3-9-19)18-21-17(23-25-18)14-6-10-20-11-7-14/h4-7,10-12H,1-3,8-9,13H2,(H,22,24). The van der Waals surface area contributed by atoms with Crippen LogP contribution in [0.25, 0.3) is 11.4 Å². The fourth-order valence-corrected chi connectivity index (χ4v) is 4.17. The van der Waals surface area contributed by atoms with E-state index in [4.69, 9.17) is 4.52 Å². The van der Waals surface area contributed by atoms with Gasteiger partial charge in [-0.15, -0.1) is 11.3 Å². The molecule has 134 valence electrons. The molecular formula is C19H20N4O2S. The lowest BCUT2D eigenvalue weighted by Gasteiger charge is -2.34. The predicted octanol–water partition coefficient (Wildman–Crippen LogP) is 3.71. The molecule has 1 aliphatic carbocycles. The number of thiophene rings is 1. The van der Waals surface area contributed by atoms with Crippen molar-refractivity contribution in [2.45, 2.75) is 44.1 Å². The van der Waals surface area contributed by atoms with Crippen LogP contribution in [0.3, 0.4) is 0 Å². The van der Waals surface area contributed by atoms with Gasteiger partial charge in [-0.1, -0.05) is 30.5 Å². The topological polar surface area (TPSA) is 80.9 Å². The fraction of sp³-hybridized carbons (Fsp3) is 0.368. The van der Waals surface area contributed by atoms with E-state index in [1.54, 1.807) is 23.7 Å². The van der Waals surface area contributed by atoms with E-state index >= 15 is 0 Å². The van der Waals surface area contributed by atoms with Gasteiger partial charge in [0.2, 0.25) is 11.7 Å². The van der Waals surface area contributed by atoms with Crippen LogP contribution in [0.5, 0.6) is 0 Å². The van der Waals surface area contributed by atoms with E-state index in [0.29, 0.717) is 18.1 Å². The second-order valence-corrected chi connectivity index (χ2v) is 7.64. The van der Waals surface area contributed by atoms with E-state index in [1.165, 1.54) is 0 Å². The molecule has 0 saturated heterocycles. The molecule has 1 aliphatic rings. The van der Waals surface area contributed by atoms with E-state index in [2.05, 4.69) is 20.4 Å². The van der Waals surface area contributed by atoms with Gasteiger partial charge in [-0.05, 0) is 36.4 Å². The van der Waals surface area contributed by atoms with Gasteiger partial charge < -0.3 is 9.84 Å². The Bertz CT molecular complexity index is 855. The molecule has 1 amide bonds. The second-order valence-electron chi connectivity index (χ2n) is 6.61. The number of carbonyl (C=O) groups excluding carboxylic acids is 1. The third-order valence-corrected chi connectivity index (χ3v) is 5.65. The summed E-state index contributed by atoms with van der Waals surface area (Å²) in [5.41, 5.74) is 0.288. The van der Waals surface area contributed by atoms with Crippen molar-refractivity contribution in [2.24, 2.45) is 0 Å². The van der Waals surface area contributed by atoms with Crippen molar-refractivity contribution < 1.29 is 9.32 Å². The first-order chi connectivity index (χ1) is 12.8. The normalized spacial score (nSPS) is 16.3. The molecule has 1 saturated carbocycles. The first-order valence-electron chi connectivity index (χ1n) is 8.83. The Balaban J connectivity index is 1.58. The summed E-state index contributed by atoms with van der Waals surface area (Å²) in [4.78, 5) is 22.3. The molecule has 0 spiro atoms. The van der Waals surface area contributed by atoms with Crippen LogP contribution < -0.4 is 5.32 Å². The number of nitrogens with zero attached hydrogens (tertiary/aromatic N) is 3. The van der Waals surface area contributed by atoms with Crippen LogP contribution >= 0.6 is 11.3 Å². The number of hydrogen-bond acceptors (Lipinski definition) is 6. The van der Waals surface area contributed by atoms with Gasteiger partial charge in [0.25, 0.3) is 5.89 Å². The highest BCUT2D eigenvalue weighted by Gasteiger charge is 2.40. The van der Waals surface area contributed by atoms with Gasteiger partial charge >= 0.3 is 0 Å². The molecule has 26 heavy (non-hydrogen) atoms. The number of rotatable bonds is 5. The zero-order valence-corrected chi connectivity index (χ0v) is 15.2. The van der Waals surface area contributed by atoms with Crippen LogP contribution in [0.15, 0.2) is 46.6 Å².